The maximum absolute atomic E-state index is 14.2. The minimum atomic E-state index is -0.598. The average molecular weight is 403 g/mol. The molecule has 0 amide bonds. The Hall–Kier alpha value is -0.910. The third-order valence-corrected chi connectivity index (χ3v) is 4.63. The standard InChI is InChI=1S/C15H14Br2FNO/c1-8-6-13(20-2)10(7-12(8)17)15(19)9-4-3-5-11(16)14(9)18/h3-7,15H,19H2,1-2H3. The molecule has 0 saturated heterocycles. The number of hydrogen-bond acceptors (Lipinski definition) is 2. The van der Waals surface area contributed by atoms with E-state index in [0.717, 1.165) is 15.6 Å². The maximum atomic E-state index is 14.2. The van der Waals surface area contributed by atoms with Crippen molar-refractivity contribution in [2.45, 2.75) is 13.0 Å². The van der Waals surface area contributed by atoms with Gasteiger partial charge in [0.1, 0.15) is 11.6 Å². The molecule has 0 aliphatic heterocycles. The summed E-state index contributed by atoms with van der Waals surface area (Å²) in [5, 5.41) is 0. The van der Waals surface area contributed by atoms with Gasteiger partial charge < -0.3 is 10.5 Å². The first-order valence-electron chi connectivity index (χ1n) is 5.99. The molecule has 106 valence electrons. The van der Waals surface area contributed by atoms with Gasteiger partial charge in [-0.2, -0.15) is 0 Å². The molecule has 1 atom stereocenters. The number of ether oxygens (including phenoxy) is 1. The molecule has 0 aliphatic rings. The predicted molar refractivity (Wildman–Crippen MR) is 85.6 cm³/mol. The second-order valence-corrected chi connectivity index (χ2v) is 6.17. The van der Waals surface area contributed by atoms with E-state index in [-0.39, 0.29) is 5.82 Å². The molecule has 2 N–H and O–H groups in total. The summed E-state index contributed by atoms with van der Waals surface area (Å²) in [4.78, 5) is 0. The molecule has 2 aromatic carbocycles. The molecule has 0 aliphatic carbocycles. The van der Waals surface area contributed by atoms with E-state index in [0.29, 0.717) is 15.8 Å². The predicted octanol–water partition coefficient (Wildman–Crippen LogP) is 4.72. The third kappa shape index (κ3) is 2.90. The second-order valence-electron chi connectivity index (χ2n) is 4.46. The fourth-order valence-electron chi connectivity index (χ4n) is 2.02. The number of aryl methyl sites for hydroxylation is 1. The van der Waals surface area contributed by atoms with Gasteiger partial charge in [-0.1, -0.05) is 28.1 Å². The Balaban J connectivity index is 2.55. The highest BCUT2D eigenvalue weighted by molar-refractivity contribution is 9.10. The second kappa shape index (κ2) is 6.24. The number of nitrogens with two attached hydrogens (primary N) is 1. The number of benzene rings is 2. The summed E-state index contributed by atoms with van der Waals surface area (Å²) in [6.07, 6.45) is 0. The van der Waals surface area contributed by atoms with Crippen LogP contribution in [0.5, 0.6) is 5.75 Å². The first-order chi connectivity index (χ1) is 9.45. The van der Waals surface area contributed by atoms with Crippen LogP contribution >= 0.6 is 31.9 Å². The fourth-order valence-corrected chi connectivity index (χ4v) is 2.76. The molecule has 2 aromatic rings. The lowest BCUT2D eigenvalue weighted by Gasteiger charge is -2.18. The van der Waals surface area contributed by atoms with Gasteiger partial charge in [0.05, 0.1) is 17.6 Å². The minimum Gasteiger partial charge on any atom is -0.496 e. The lowest BCUT2D eigenvalue weighted by atomic mass is 9.97. The van der Waals surface area contributed by atoms with E-state index in [2.05, 4.69) is 31.9 Å². The lowest BCUT2D eigenvalue weighted by Crippen LogP contribution is -2.15. The van der Waals surface area contributed by atoms with Crippen molar-refractivity contribution in [3.8, 4) is 5.75 Å². The molecule has 0 bridgehead atoms. The van der Waals surface area contributed by atoms with E-state index in [1.165, 1.54) is 0 Å². The minimum absolute atomic E-state index is 0.348. The van der Waals surface area contributed by atoms with Crippen molar-refractivity contribution in [3.05, 3.63) is 61.8 Å². The molecule has 1 unspecified atom stereocenters. The molecule has 0 fully saturated rings. The van der Waals surface area contributed by atoms with Crippen molar-refractivity contribution in [1.82, 2.24) is 0 Å². The number of halogens is 3. The molecular formula is C15H14Br2FNO. The summed E-state index contributed by atoms with van der Waals surface area (Å²) in [6, 6.07) is 8.25. The average Bonchev–Trinajstić information content (AvgIpc) is 2.43. The van der Waals surface area contributed by atoms with Crippen LogP contribution in [-0.2, 0) is 0 Å². The lowest BCUT2D eigenvalue weighted by molar-refractivity contribution is 0.407. The summed E-state index contributed by atoms with van der Waals surface area (Å²) in [5.41, 5.74) is 8.42. The molecule has 0 radical (unpaired) electrons. The Morgan fingerprint density at radius 2 is 1.85 bits per heavy atom. The van der Waals surface area contributed by atoms with Crippen LogP contribution in [0.3, 0.4) is 0 Å². The van der Waals surface area contributed by atoms with E-state index >= 15 is 0 Å². The van der Waals surface area contributed by atoms with Crippen LogP contribution in [0.15, 0.2) is 39.3 Å². The van der Waals surface area contributed by atoms with Crippen molar-refractivity contribution in [1.29, 1.82) is 0 Å². The van der Waals surface area contributed by atoms with Crippen LogP contribution in [-0.4, -0.2) is 7.11 Å². The van der Waals surface area contributed by atoms with Crippen LogP contribution in [0.1, 0.15) is 22.7 Å². The van der Waals surface area contributed by atoms with Crippen molar-refractivity contribution < 1.29 is 9.13 Å². The van der Waals surface area contributed by atoms with Gasteiger partial charge in [-0.25, -0.2) is 4.39 Å². The zero-order valence-electron chi connectivity index (χ0n) is 11.1. The van der Waals surface area contributed by atoms with Crippen LogP contribution in [0.25, 0.3) is 0 Å². The van der Waals surface area contributed by atoms with E-state index < -0.39 is 6.04 Å². The van der Waals surface area contributed by atoms with Crippen LogP contribution in [0.2, 0.25) is 0 Å². The van der Waals surface area contributed by atoms with E-state index in [1.807, 2.05) is 19.1 Å². The number of methoxy groups -OCH3 is 1. The zero-order chi connectivity index (χ0) is 14.9. The van der Waals surface area contributed by atoms with Crippen LogP contribution < -0.4 is 10.5 Å². The third-order valence-electron chi connectivity index (χ3n) is 3.16. The summed E-state index contributed by atoms with van der Waals surface area (Å²) in [5.74, 6) is 0.302. The first kappa shape index (κ1) is 15.5. The number of rotatable bonds is 3. The van der Waals surface area contributed by atoms with Gasteiger partial charge >= 0.3 is 0 Å². The maximum Gasteiger partial charge on any atom is 0.142 e. The van der Waals surface area contributed by atoms with Crippen molar-refractivity contribution in [2.75, 3.05) is 7.11 Å². The largest absolute Gasteiger partial charge is 0.496 e. The highest BCUT2D eigenvalue weighted by atomic mass is 79.9. The normalized spacial score (nSPS) is 12.3. The molecule has 0 saturated carbocycles. The van der Waals surface area contributed by atoms with Crippen molar-refractivity contribution in [2.24, 2.45) is 5.73 Å². The van der Waals surface area contributed by atoms with Gasteiger partial charge in [0.25, 0.3) is 0 Å². The Bertz CT molecular complexity index is 646. The summed E-state index contributed by atoms with van der Waals surface area (Å²) >= 11 is 6.65. The van der Waals surface area contributed by atoms with E-state index in [1.54, 1.807) is 25.3 Å². The molecule has 0 aromatic heterocycles. The Kier molecular flexibility index (Phi) is 4.83. The summed E-state index contributed by atoms with van der Waals surface area (Å²) in [7, 11) is 1.58. The molecule has 0 heterocycles. The zero-order valence-corrected chi connectivity index (χ0v) is 14.3. The van der Waals surface area contributed by atoms with Gasteiger partial charge in [-0.3, -0.25) is 0 Å². The van der Waals surface area contributed by atoms with E-state index in [4.69, 9.17) is 10.5 Å². The van der Waals surface area contributed by atoms with Crippen LogP contribution in [0, 0.1) is 12.7 Å². The molecule has 2 nitrogen and oxygen atoms in total. The molecule has 0 spiro atoms. The van der Waals surface area contributed by atoms with Crippen LogP contribution in [0.4, 0.5) is 4.39 Å². The molecule has 20 heavy (non-hydrogen) atoms. The van der Waals surface area contributed by atoms with Crippen molar-refractivity contribution >= 4 is 31.9 Å². The Labute approximate surface area is 134 Å². The van der Waals surface area contributed by atoms with Gasteiger partial charge in [-0.05, 0) is 46.6 Å². The van der Waals surface area contributed by atoms with E-state index in [9.17, 15) is 4.39 Å². The van der Waals surface area contributed by atoms with Crippen molar-refractivity contribution in [3.63, 3.8) is 0 Å². The highest BCUT2D eigenvalue weighted by Gasteiger charge is 2.20. The summed E-state index contributed by atoms with van der Waals surface area (Å²) in [6.45, 7) is 1.96. The van der Waals surface area contributed by atoms with Gasteiger partial charge in [0, 0.05) is 15.6 Å². The van der Waals surface area contributed by atoms with Gasteiger partial charge in [0.2, 0.25) is 0 Å². The molecule has 5 heteroatoms. The Morgan fingerprint density at radius 1 is 1.15 bits per heavy atom. The number of hydrogen-bond donors (Lipinski definition) is 1. The highest BCUT2D eigenvalue weighted by Crippen LogP contribution is 2.35. The molecule has 2 rings (SSSR count). The smallest absolute Gasteiger partial charge is 0.142 e. The topological polar surface area (TPSA) is 35.2 Å². The fraction of sp³-hybridized carbons (Fsp3) is 0.200. The molecular weight excluding hydrogens is 389 g/mol. The van der Waals surface area contributed by atoms with Gasteiger partial charge in [0.15, 0.2) is 0 Å². The Morgan fingerprint density at radius 3 is 2.50 bits per heavy atom. The quantitative estimate of drug-likeness (QED) is 0.806. The summed E-state index contributed by atoms with van der Waals surface area (Å²) < 4.78 is 20.8. The monoisotopic (exact) mass is 401 g/mol. The SMILES string of the molecule is COc1cc(C)c(Br)cc1C(N)c1cccc(Br)c1F. The first-order valence-corrected chi connectivity index (χ1v) is 7.57. The van der Waals surface area contributed by atoms with Gasteiger partial charge in [-0.15, -0.1) is 0 Å².